The van der Waals surface area contributed by atoms with Crippen molar-refractivity contribution in [1.29, 1.82) is 0 Å². The fraction of sp³-hybridized carbons (Fsp3) is 0.182. The van der Waals surface area contributed by atoms with Crippen LogP contribution in [0.15, 0.2) is 24.5 Å². The maximum absolute atomic E-state index is 13.5. The third-order valence-corrected chi connectivity index (χ3v) is 2.19. The van der Waals surface area contributed by atoms with Crippen LogP contribution < -0.4 is 5.32 Å². The summed E-state index contributed by atoms with van der Waals surface area (Å²) in [5, 5.41) is 2.70. The summed E-state index contributed by atoms with van der Waals surface area (Å²) in [6.45, 7) is 1.61. The molecule has 4 nitrogen and oxygen atoms in total. The van der Waals surface area contributed by atoms with Crippen molar-refractivity contribution in [3.05, 3.63) is 36.0 Å². The lowest BCUT2D eigenvalue weighted by Gasteiger charge is -2.06. The van der Waals surface area contributed by atoms with Crippen molar-refractivity contribution in [2.45, 2.75) is 6.92 Å². The van der Waals surface area contributed by atoms with E-state index in [9.17, 15) is 4.39 Å². The number of pyridine rings is 1. The van der Waals surface area contributed by atoms with Crippen molar-refractivity contribution >= 4 is 5.82 Å². The molecule has 2 rings (SSSR count). The zero-order chi connectivity index (χ0) is 11.5. The molecule has 0 saturated carbocycles. The van der Waals surface area contributed by atoms with Gasteiger partial charge in [-0.2, -0.15) is 0 Å². The summed E-state index contributed by atoms with van der Waals surface area (Å²) in [4.78, 5) is 12.1. The molecule has 0 spiro atoms. The zero-order valence-corrected chi connectivity index (χ0v) is 9.03. The minimum absolute atomic E-state index is 0.208. The molecule has 0 aromatic carbocycles. The molecule has 2 heterocycles. The molecule has 0 unspecified atom stereocenters. The predicted molar refractivity (Wildman–Crippen MR) is 59.5 cm³/mol. The number of aryl methyl sites for hydroxylation is 1. The molecular weight excluding hydrogens is 207 g/mol. The summed E-state index contributed by atoms with van der Waals surface area (Å²) >= 11 is 0. The molecule has 0 aliphatic rings. The Hall–Kier alpha value is -2.04. The Kier molecular flexibility index (Phi) is 2.76. The van der Waals surface area contributed by atoms with Gasteiger partial charge < -0.3 is 5.32 Å². The summed E-state index contributed by atoms with van der Waals surface area (Å²) in [6.07, 6.45) is 3.30. The van der Waals surface area contributed by atoms with Gasteiger partial charge in [0, 0.05) is 25.0 Å². The normalized spacial score (nSPS) is 10.2. The third kappa shape index (κ3) is 1.84. The SMILES string of the molecule is CNc1nc(-c2ccncc2)nc(C)c1F. The Bertz CT molecular complexity index is 499. The van der Waals surface area contributed by atoms with E-state index in [1.807, 2.05) is 0 Å². The van der Waals surface area contributed by atoms with E-state index < -0.39 is 5.82 Å². The van der Waals surface area contributed by atoms with Gasteiger partial charge in [0.1, 0.15) is 0 Å². The monoisotopic (exact) mass is 218 g/mol. The van der Waals surface area contributed by atoms with E-state index in [4.69, 9.17) is 0 Å². The van der Waals surface area contributed by atoms with Gasteiger partial charge in [0.2, 0.25) is 0 Å². The van der Waals surface area contributed by atoms with Gasteiger partial charge in [-0.25, -0.2) is 14.4 Å². The van der Waals surface area contributed by atoms with Crippen molar-refractivity contribution in [3.63, 3.8) is 0 Å². The quantitative estimate of drug-likeness (QED) is 0.837. The van der Waals surface area contributed by atoms with Crippen molar-refractivity contribution in [1.82, 2.24) is 15.0 Å². The average Bonchev–Trinajstić information content (AvgIpc) is 2.33. The molecule has 16 heavy (non-hydrogen) atoms. The maximum atomic E-state index is 13.5. The first-order valence-electron chi connectivity index (χ1n) is 4.84. The second kappa shape index (κ2) is 4.22. The highest BCUT2D eigenvalue weighted by atomic mass is 19.1. The van der Waals surface area contributed by atoms with Gasteiger partial charge in [0.25, 0.3) is 0 Å². The summed E-state index contributed by atoms with van der Waals surface area (Å²) in [5.74, 6) is 0.283. The van der Waals surface area contributed by atoms with Crippen LogP contribution in [0, 0.1) is 12.7 Å². The number of aromatic nitrogens is 3. The van der Waals surface area contributed by atoms with E-state index in [2.05, 4.69) is 20.3 Å². The van der Waals surface area contributed by atoms with Crippen LogP contribution in [-0.2, 0) is 0 Å². The number of halogens is 1. The van der Waals surface area contributed by atoms with Gasteiger partial charge in [-0.1, -0.05) is 0 Å². The van der Waals surface area contributed by atoms with Crippen LogP contribution in [0.2, 0.25) is 0 Å². The molecule has 0 amide bonds. The van der Waals surface area contributed by atoms with Gasteiger partial charge in [0.05, 0.1) is 5.69 Å². The summed E-state index contributed by atoms with van der Waals surface area (Å²) in [6, 6.07) is 3.57. The largest absolute Gasteiger partial charge is 0.371 e. The van der Waals surface area contributed by atoms with Gasteiger partial charge in [-0.3, -0.25) is 4.98 Å². The van der Waals surface area contributed by atoms with Crippen LogP contribution in [0.5, 0.6) is 0 Å². The van der Waals surface area contributed by atoms with E-state index in [1.54, 1.807) is 38.5 Å². The van der Waals surface area contributed by atoms with E-state index in [-0.39, 0.29) is 5.82 Å². The highest BCUT2D eigenvalue weighted by molar-refractivity contribution is 5.56. The lowest BCUT2D eigenvalue weighted by atomic mass is 10.2. The number of hydrogen-bond donors (Lipinski definition) is 1. The Balaban J connectivity index is 2.55. The van der Waals surface area contributed by atoms with Gasteiger partial charge in [-0.15, -0.1) is 0 Å². The first kappa shape index (κ1) is 10.5. The molecule has 0 aliphatic heterocycles. The molecule has 0 aliphatic carbocycles. The molecule has 2 aromatic rings. The van der Waals surface area contributed by atoms with Crippen LogP contribution in [0.3, 0.4) is 0 Å². The molecule has 0 fully saturated rings. The van der Waals surface area contributed by atoms with Crippen LogP contribution in [0.1, 0.15) is 5.69 Å². The fourth-order valence-corrected chi connectivity index (χ4v) is 1.35. The van der Waals surface area contributed by atoms with E-state index in [0.29, 0.717) is 11.5 Å². The molecule has 2 aromatic heterocycles. The molecule has 5 heteroatoms. The van der Waals surface area contributed by atoms with Gasteiger partial charge in [-0.05, 0) is 19.1 Å². The number of rotatable bonds is 2. The van der Waals surface area contributed by atoms with Crippen molar-refractivity contribution in [3.8, 4) is 11.4 Å². The first-order chi connectivity index (χ1) is 7.72. The molecular formula is C11H11FN4. The standard InChI is InChI=1S/C11H11FN4/c1-7-9(12)11(13-2)16-10(15-7)8-3-5-14-6-4-8/h3-6H,1-2H3,(H,13,15,16). The first-order valence-corrected chi connectivity index (χ1v) is 4.84. The fourth-order valence-electron chi connectivity index (χ4n) is 1.35. The molecule has 1 N–H and O–H groups in total. The lowest BCUT2D eigenvalue weighted by molar-refractivity contribution is 0.607. The van der Waals surface area contributed by atoms with Crippen molar-refractivity contribution < 1.29 is 4.39 Å². The highest BCUT2D eigenvalue weighted by Gasteiger charge is 2.10. The summed E-state index contributed by atoms with van der Waals surface area (Å²) in [7, 11) is 1.63. The van der Waals surface area contributed by atoms with Gasteiger partial charge in [0.15, 0.2) is 17.5 Å². The van der Waals surface area contributed by atoms with E-state index in [1.165, 1.54) is 0 Å². The van der Waals surface area contributed by atoms with Crippen LogP contribution in [0.4, 0.5) is 10.2 Å². The lowest BCUT2D eigenvalue weighted by Crippen LogP contribution is -2.03. The zero-order valence-electron chi connectivity index (χ0n) is 9.03. The second-order valence-corrected chi connectivity index (χ2v) is 3.28. The molecule has 0 radical (unpaired) electrons. The Morgan fingerprint density at radius 1 is 1.19 bits per heavy atom. The summed E-state index contributed by atoms with van der Waals surface area (Å²) < 4.78 is 13.5. The number of nitrogens with zero attached hydrogens (tertiary/aromatic N) is 3. The predicted octanol–water partition coefficient (Wildman–Crippen LogP) is 2.03. The maximum Gasteiger partial charge on any atom is 0.186 e. The Morgan fingerprint density at radius 2 is 1.88 bits per heavy atom. The minimum atomic E-state index is -0.416. The smallest absolute Gasteiger partial charge is 0.186 e. The van der Waals surface area contributed by atoms with E-state index >= 15 is 0 Å². The number of anilines is 1. The second-order valence-electron chi connectivity index (χ2n) is 3.28. The van der Waals surface area contributed by atoms with Crippen LogP contribution >= 0.6 is 0 Å². The molecule has 0 atom stereocenters. The topological polar surface area (TPSA) is 50.7 Å². The average molecular weight is 218 g/mol. The third-order valence-electron chi connectivity index (χ3n) is 2.19. The van der Waals surface area contributed by atoms with Crippen LogP contribution in [0.25, 0.3) is 11.4 Å². The van der Waals surface area contributed by atoms with E-state index in [0.717, 1.165) is 5.56 Å². The number of nitrogens with one attached hydrogen (secondary N) is 1. The molecule has 0 saturated heterocycles. The summed E-state index contributed by atoms with van der Waals surface area (Å²) in [5.41, 5.74) is 1.14. The van der Waals surface area contributed by atoms with Crippen LogP contribution in [-0.4, -0.2) is 22.0 Å². The molecule has 82 valence electrons. The van der Waals surface area contributed by atoms with Crippen molar-refractivity contribution in [2.75, 3.05) is 12.4 Å². The van der Waals surface area contributed by atoms with Gasteiger partial charge >= 0.3 is 0 Å². The molecule has 0 bridgehead atoms. The minimum Gasteiger partial charge on any atom is -0.371 e. The highest BCUT2D eigenvalue weighted by Crippen LogP contribution is 2.19. The van der Waals surface area contributed by atoms with Crippen molar-refractivity contribution in [2.24, 2.45) is 0 Å². The Morgan fingerprint density at radius 3 is 2.50 bits per heavy atom. The Labute approximate surface area is 92.6 Å². The number of hydrogen-bond acceptors (Lipinski definition) is 4.